The number of rotatable bonds is 7. The van der Waals surface area contributed by atoms with Crippen molar-refractivity contribution >= 4 is 18.1 Å². The van der Waals surface area contributed by atoms with Crippen molar-refractivity contribution in [3.8, 4) is 5.75 Å². The van der Waals surface area contributed by atoms with Gasteiger partial charge in [-0.2, -0.15) is 0 Å². The predicted octanol–water partition coefficient (Wildman–Crippen LogP) is 2.97. The highest BCUT2D eigenvalue weighted by atomic mass is 35.5. The van der Waals surface area contributed by atoms with Gasteiger partial charge in [-0.3, -0.25) is 15.0 Å². The molecule has 7 nitrogen and oxygen atoms in total. The monoisotopic (exact) mass is 412 g/mol. The van der Waals surface area contributed by atoms with Crippen LogP contribution in [-0.2, 0) is 4.74 Å². The van der Waals surface area contributed by atoms with E-state index in [9.17, 15) is 19.6 Å². The Morgan fingerprint density at radius 2 is 2.07 bits per heavy atom. The minimum atomic E-state index is -0.730. The summed E-state index contributed by atoms with van der Waals surface area (Å²) in [5, 5.41) is 20.9. The van der Waals surface area contributed by atoms with Crippen LogP contribution in [0.25, 0.3) is 0 Å². The fourth-order valence-electron chi connectivity index (χ4n) is 2.98. The van der Waals surface area contributed by atoms with Crippen LogP contribution >= 0.6 is 12.4 Å². The first-order valence-corrected chi connectivity index (χ1v) is 8.66. The third-order valence-corrected chi connectivity index (χ3v) is 4.33. The van der Waals surface area contributed by atoms with E-state index in [2.05, 4.69) is 0 Å². The summed E-state index contributed by atoms with van der Waals surface area (Å²) < 4.78 is 24.6. The highest BCUT2D eigenvalue weighted by molar-refractivity contribution is 5.85. The summed E-state index contributed by atoms with van der Waals surface area (Å²) in [6.07, 6.45) is -0.969. The number of nitrogens with zero attached hydrogens (tertiary/aromatic N) is 2. The molecule has 3 rings (SSSR count). The molecule has 0 bridgehead atoms. The fourth-order valence-corrected chi connectivity index (χ4v) is 2.98. The van der Waals surface area contributed by atoms with Crippen molar-refractivity contribution in [3.05, 3.63) is 70.0 Å². The van der Waals surface area contributed by atoms with Gasteiger partial charge >= 0.3 is 0 Å². The van der Waals surface area contributed by atoms with Crippen molar-refractivity contribution in [1.29, 1.82) is 0 Å². The maximum absolute atomic E-state index is 13.4. The Kier molecular flexibility index (Phi) is 8.13. The second-order valence-corrected chi connectivity index (χ2v) is 6.39. The van der Waals surface area contributed by atoms with Gasteiger partial charge in [0.2, 0.25) is 0 Å². The predicted molar refractivity (Wildman–Crippen MR) is 103 cm³/mol. The van der Waals surface area contributed by atoms with Crippen LogP contribution in [0.1, 0.15) is 11.7 Å². The molecule has 1 saturated heterocycles. The molecular formula is C19H22ClFN2O5. The third kappa shape index (κ3) is 6.13. The number of hydrogen-bond donors (Lipinski definition) is 1. The van der Waals surface area contributed by atoms with Crippen LogP contribution < -0.4 is 4.74 Å². The Hall–Kier alpha value is -2.26. The van der Waals surface area contributed by atoms with E-state index in [0.717, 1.165) is 5.56 Å². The average molecular weight is 413 g/mol. The van der Waals surface area contributed by atoms with Gasteiger partial charge in [-0.15, -0.1) is 12.4 Å². The van der Waals surface area contributed by atoms with Gasteiger partial charge in [-0.05, 0) is 29.8 Å². The molecule has 0 spiro atoms. The number of aliphatic hydroxyl groups excluding tert-OH is 1. The molecule has 1 N–H and O–H groups in total. The normalized spacial score (nSPS) is 18.1. The fraction of sp³-hybridized carbons (Fsp3) is 0.368. The van der Waals surface area contributed by atoms with E-state index >= 15 is 0 Å². The molecule has 28 heavy (non-hydrogen) atoms. The van der Waals surface area contributed by atoms with E-state index in [4.69, 9.17) is 9.47 Å². The lowest BCUT2D eigenvalue weighted by molar-refractivity contribution is -0.384. The molecule has 0 radical (unpaired) electrons. The van der Waals surface area contributed by atoms with Crippen LogP contribution in [0.4, 0.5) is 10.1 Å². The Labute approximate surface area is 168 Å². The first kappa shape index (κ1) is 22.0. The van der Waals surface area contributed by atoms with Crippen molar-refractivity contribution in [3.63, 3.8) is 0 Å². The Morgan fingerprint density at radius 1 is 1.32 bits per heavy atom. The summed E-state index contributed by atoms with van der Waals surface area (Å²) in [6, 6.07) is 12.0. The first-order chi connectivity index (χ1) is 13.0. The van der Waals surface area contributed by atoms with Crippen LogP contribution in [0.15, 0.2) is 48.5 Å². The van der Waals surface area contributed by atoms with Gasteiger partial charge in [0.05, 0.1) is 17.6 Å². The molecule has 2 aromatic carbocycles. The minimum Gasteiger partial charge on any atom is -0.491 e. The molecule has 152 valence electrons. The standard InChI is InChI=1S/C19H21FN2O5.ClH/c20-15-3-1-2-14(10-15)19-12-21(8-9-26-19)11-17(23)13-27-18-6-4-16(5-7-18)22(24)25;/h1-7,10,17,19,23H,8-9,11-13H2;1H. The minimum absolute atomic E-state index is 0. The number of benzene rings is 2. The highest BCUT2D eigenvalue weighted by Gasteiger charge is 2.24. The van der Waals surface area contributed by atoms with E-state index in [1.165, 1.54) is 36.4 Å². The second kappa shape index (κ2) is 10.3. The maximum Gasteiger partial charge on any atom is 0.269 e. The molecule has 2 unspecified atom stereocenters. The topological polar surface area (TPSA) is 85.1 Å². The molecule has 0 amide bonds. The number of β-amino-alcohol motifs (C(OH)–C–C–N with tert-alkyl or cyclic N) is 1. The zero-order chi connectivity index (χ0) is 19.2. The number of aliphatic hydroxyl groups is 1. The zero-order valence-electron chi connectivity index (χ0n) is 15.1. The summed E-state index contributed by atoms with van der Waals surface area (Å²) in [4.78, 5) is 12.2. The number of non-ortho nitro benzene ring substituents is 1. The van der Waals surface area contributed by atoms with Gasteiger partial charge in [0.1, 0.15) is 24.3 Å². The Bertz CT molecular complexity index is 777. The van der Waals surface area contributed by atoms with Crippen molar-refractivity contribution in [1.82, 2.24) is 4.90 Å². The second-order valence-electron chi connectivity index (χ2n) is 6.39. The number of morpholine rings is 1. The van der Waals surface area contributed by atoms with E-state index in [0.29, 0.717) is 32.0 Å². The largest absolute Gasteiger partial charge is 0.491 e. The van der Waals surface area contributed by atoms with Crippen molar-refractivity contribution in [2.75, 3.05) is 32.8 Å². The van der Waals surface area contributed by atoms with Crippen LogP contribution in [0.2, 0.25) is 0 Å². The Morgan fingerprint density at radius 3 is 2.75 bits per heavy atom. The summed E-state index contributed by atoms with van der Waals surface area (Å²) >= 11 is 0. The van der Waals surface area contributed by atoms with Gasteiger partial charge in [-0.25, -0.2) is 4.39 Å². The zero-order valence-corrected chi connectivity index (χ0v) is 15.9. The molecule has 0 saturated carbocycles. The SMILES string of the molecule is Cl.O=[N+]([O-])c1ccc(OCC(O)CN2CCOC(c3cccc(F)c3)C2)cc1. The van der Waals surface area contributed by atoms with Crippen molar-refractivity contribution in [2.24, 2.45) is 0 Å². The molecule has 0 aliphatic carbocycles. The summed E-state index contributed by atoms with van der Waals surface area (Å²) in [5.74, 6) is 0.157. The average Bonchev–Trinajstić information content (AvgIpc) is 2.67. The van der Waals surface area contributed by atoms with Crippen molar-refractivity contribution < 1.29 is 23.9 Å². The van der Waals surface area contributed by atoms with E-state index < -0.39 is 11.0 Å². The van der Waals surface area contributed by atoms with Crippen LogP contribution in [0, 0.1) is 15.9 Å². The molecule has 1 aliphatic rings. The lowest BCUT2D eigenvalue weighted by Crippen LogP contribution is -2.43. The number of halogens is 2. The smallest absolute Gasteiger partial charge is 0.269 e. The molecule has 1 heterocycles. The quantitative estimate of drug-likeness (QED) is 0.556. The highest BCUT2D eigenvalue weighted by Crippen LogP contribution is 2.23. The lowest BCUT2D eigenvalue weighted by atomic mass is 10.1. The van der Waals surface area contributed by atoms with Gasteiger partial charge in [-0.1, -0.05) is 12.1 Å². The number of nitro groups is 1. The molecule has 1 fully saturated rings. The molecule has 0 aromatic heterocycles. The molecule has 2 atom stereocenters. The van der Waals surface area contributed by atoms with Gasteiger partial charge < -0.3 is 14.6 Å². The molecule has 2 aromatic rings. The summed E-state index contributed by atoms with van der Waals surface area (Å²) in [6.45, 7) is 2.18. The number of hydrogen-bond acceptors (Lipinski definition) is 6. The van der Waals surface area contributed by atoms with Crippen molar-refractivity contribution in [2.45, 2.75) is 12.2 Å². The first-order valence-electron chi connectivity index (χ1n) is 8.66. The number of nitro benzene ring substituents is 1. The lowest BCUT2D eigenvalue weighted by Gasteiger charge is -2.34. The molecular weight excluding hydrogens is 391 g/mol. The summed E-state index contributed by atoms with van der Waals surface area (Å²) in [5.41, 5.74) is 0.760. The van der Waals surface area contributed by atoms with Crippen LogP contribution in [-0.4, -0.2) is 53.9 Å². The number of ether oxygens (including phenoxy) is 2. The van der Waals surface area contributed by atoms with E-state index in [-0.39, 0.29) is 36.6 Å². The molecule has 1 aliphatic heterocycles. The van der Waals surface area contributed by atoms with Gasteiger partial charge in [0.15, 0.2) is 0 Å². The molecule has 9 heteroatoms. The van der Waals surface area contributed by atoms with Gasteiger partial charge in [0.25, 0.3) is 5.69 Å². The van der Waals surface area contributed by atoms with Crippen LogP contribution in [0.3, 0.4) is 0 Å². The van der Waals surface area contributed by atoms with E-state index in [1.807, 2.05) is 11.0 Å². The third-order valence-electron chi connectivity index (χ3n) is 4.33. The Balaban J connectivity index is 0.00000280. The van der Waals surface area contributed by atoms with Gasteiger partial charge in [0, 0.05) is 31.8 Å². The van der Waals surface area contributed by atoms with E-state index in [1.54, 1.807) is 6.07 Å². The van der Waals surface area contributed by atoms with Crippen LogP contribution in [0.5, 0.6) is 5.75 Å². The maximum atomic E-state index is 13.4. The summed E-state index contributed by atoms with van der Waals surface area (Å²) in [7, 11) is 0.